The summed E-state index contributed by atoms with van der Waals surface area (Å²) in [5.41, 5.74) is 0.416. The van der Waals surface area contributed by atoms with Gasteiger partial charge >= 0.3 is 6.18 Å². The number of para-hydroxylation sites is 1. The summed E-state index contributed by atoms with van der Waals surface area (Å²) in [7, 11) is 0. The number of alkyl halides is 3. The summed E-state index contributed by atoms with van der Waals surface area (Å²) in [5.74, 6) is 0. The predicted molar refractivity (Wildman–Crippen MR) is 82.2 cm³/mol. The Labute approximate surface area is 130 Å². The highest BCUT2D eigenvalue weighted by molar-refractivity contribution is 9.10. The second-order valence-electron chi connectivity index (χ2n) is 4.70. The van der Waals surface area contributed by atoms with Crippen LogP contribution in [0.3, 0.4) is 0 Å². The third-order valence-electron chi connectivity index (χ3n) is 3.22. The molecule has 0 saturated carbocycles. The minimum atomic E-state index is -4.36. The monoisotopic (exact) mass is 357 g/mol. The van der Waals surface area contributed by atoms with Crippen LogP contribution in [0.25, 0.3) is 0 Å². The second kappa shape index (κ2) is 6.52. The maximum absolute atomic E-state index is 13.0. The lowest BCUT2D eigenvalue weighted by atomic mass is 10.0. The van der Waals surface area contributed by atoms with Crippen LogP contribution in [-0.2, 0) is 6.18 Å². The van der Waals surface area contributed by atoms with E-state index < -0.39 is 11.7 Å². The Hall–Kier alpha value is -1.49. The number of hydrogen-bond acceptors (Lipinski definition) is 1. The summed E-state index contributed by atoms with van der Waals surface area (Å²) >= 11 is 3.38. The molecule has 2 aromatic rings. The SMILES string of the molecule is CCC(Nc1ccccc1C(F)(F)F)c1cccc(Br)c1. The van der Waals surface area contributed by atoms with Crippen molar-refractivity contribution in [2.75, 3.05) is 5.32 Å². The Kier molecular flexibility index (Phi) is 4.93. The number of benzene rings is 2. The van der Waals surface area contributed by atoms with Gasteiger partial charge in [0, 0.05) is 10.2 Å². The molecule has 0 spiro atoms. The van der Waals surface area contributed by atoms with E-state index in [1.807, 2.05) is 31.2 Å². The van der Waals surface area contributed by atoms with Crippen LogP contribution >= 0.6 is 15.9 Å². The molecule has 0 bridgehead atoms. The van der Waals surface area contributed by atoms with E-state index in [0.29, 0.717) is 6.42 Å². The van der Waals surface area contributed by atoms with Crippen LogP contribution < -0.4 is 5.32 Å². The van der Waals surface area contributed by atoms with Crippen molar-refractivity contribution in [1.29, 1.82) is 0 Å². The first-order valence-corrected chi connectivity index (χ1v) is 7.39. The summed E-state index contributed by atoms with van der Waals surface area (Å²) in [6.45, 7) is 1.94. The normalized spacial score (nSPS) is 13.0. The minimum absolute atomic E-state index is 0.108. The molecule has 0 aliphatic rings. The zero-order valence-electron chi connectivity index (χ0n) is 11.4. The molecule has 1 unspecified atom stereocenters. The van der Waals surface area contributed by atoms with Crippen LogP contribution in [0.2, 0.25) is 0 Å². The van der Waals surface area contributed by atoms with Gasteiger partial charge in [0.2, 0.25) is 0 Å². The zero-order chi connectivity index (χ0) is 15.5. The van der Waals surface area contributed by atoms with Crippen molar-refractivity contribution in [1.82, 2.24) is 0 Å². The molecule has 0 aliphatic carbocycles. The zero-order valence-corrected chi connectivity index (χ0v) is 13.0. The van der Waals surface area contributed by atoms with Crippen molar-refractivity contribution in [2.45, 2.75) is 25.6 Å². The molecule has 1 N–H and O–H groups in total. The van der Waals surface area contributed by atoms with Crippen molar-refractivity contribution in [3.8, 4) is 0 Å². The molecule has 1 atom stereocenters. The topological polar surface area (TPSA) is 12.0 Å². The fraction of sp³-hybridized carbons (Fsp3) is 0.250. The third kappa shape index (κ3) is 4.00. The lowest BCUT2D eigenvalue weighted by Crippen LogP contribution is -2.15. The first-order valence-electron chi connectivity index (χ1n) is 6.60. The van der Waals surface area contributed by atoms with E-state index in [0.717, 1.165) is 16.1 Å². The average Bonchev–Trinajstić information content (AvgIpc) is 2.44. The Morgan fingerprint density at radius 3 is 2.43 bits per heavy atom. The second-order valence-corrected chi connectivity index (χ2v) is 5.62. The maximum Gasteiger partial charge on any atom is 0.418 e. The quantitative estimate of drug-likeness (QED) is 0.704. The molecule has 2 aromatic carbocycles. The molecule has 5 heteroatoms. The van der Waals surface area contributed by atoms with E-state index in [4.69, 9.17) is 0 Å². The summed E-state index contributed by atoms with van der Waals surface area (Å²) in [6.07, 6.45) is -3.68. The molecule has 0 amide bonds. The molecule has 0 aromatic heterocycles. The van der Waals surface area contributed by atoms with E-state index in [1.54, 1.807) is 6.07 Å². The molecule has 2 rings (SSSR count). The van der Waals surface area contributed by atoms with Crippen LogP contribution in [-0.4, -0.2) is 0 Å². The molecule has 112 valence electrons. The van der Waals surface area contributed by atoms with Crippen LogP contribution in [0.15, 0.2) is 53.0 Å². The van der Waals surface area contributed by atoms with E-state index in [2.05, 4.69) is 21.2 Å². The summed E-state index contributed by atoms with van der Waals surface area (Å²) in [6, 6.07) is 13.0. The van der Waals surface area contributed by atoms with Gasteiger partial charge in [-0.25, -0.2) is 0 Å². The minimum Gasteiger partial charge on any atom is -0.378 e. The molecular formula is C16H15BrF3N. The number of nitrogens with one attached hydrogen (secondary N) is 1. The molecule has 0 aliphatic heterocycles. The Balaban J connectivity index is 2.32. The van der Waals surface area contributed by atoms with Gasteiger partial charge in [0.15, 0.2) is 0 Å². The van der Waals surface area contributed by atoms with E-state index in [1.165, 1.54) is 12.1 Å². The summed E-state index contributed by atoms with van der Waals surface area (Å²) in [4.78, 5) is 0. The Morgan fingerprint density at radius 1 is 1.10 bits per heavy atom. The van der Waals surface area contributed by atoms with Gasteiger partial charge in [-0.3, -0.25) is 0 Å². The Bertz CT molecular complexity index is 610. The van der Waals surface area contributed by atoms with Gasteiger partial charge in [-0.15, -0.1) is 0 Å². The molecule has 0 radical (unpaired) electrons. The number of rotatable bonds is 4. The van der Waals surface area contributed by atoms with Gasteiger partial charge in [-0.1, -0.05) is 47.1 Å². The standard InChI is InChI=1S/C16H15BrF3N/c1-2-14(11-6-5-7-12(17)10-11)21-15-9-4-3-8-13(15)16(18,19)20/h3-10,14,21H,2H2,1H3. The highest BCUT2D eigenvalue weighted by Gasteiger charge is 2.33. The Morgan fingerprint density at radius 2 is 1.81 bits per heavy atom. The van der Waals surface area contributed by atoms with Crippen molar-refractivity contribution in [3.63, 3.8) is 0 Å². The molecule has 0 saturated heterocycles. The smallest absolute Gasteiger partial charge is 0.378 e. The number of halogens is 4. The third-order valence-corrected chi connectivity index (χ3v) is 3.71. The van der Waals surface area contributed by atoms with Crippen molar-refractivity contribution in [2.24, 2.45) is 0 Å². The van der Waals surface area contributed by atoms with Crippen molar-refractivity contribution >= 4 is 21.6 Å². The maximum atomic E-state index is 13.0. The number of hydrogen-bond donors (Lipinski definition) is 1. The first-order chi connectivity index (χ1) is 9.91. The first kappa shape index (κ1) is 15.9. The van der Waals surface area contributed by atoms with E-state index in [-0.39, 0.29) is 11.7 Å². The van der Waals surface area contributed by atoms with Crippen LogP contribution in [0.5, 0.6) is 0 Å². The molecular weight excluding hydrogens is 343 g/mol. The highest BCUT2D eigenvalue weighted by atomic mass is 79.9. The van der Waals surface area contributed by atoms with Gasteiger partial charge < -0.3 is 5.32 Å². The van der Waals surface area contributed by atoms with Gasteiger partial charge in [0.05, 0.1) is 11.6 Å². The van der Waals surface area contributed by atoms with Gasteiger partial charge in [0.25, 0.3) is 0 Å². The van der Waals surface area contributed by atoms with E-state index >= 15 is 0 Å². The van der Waals surface area contributed by atoms with Crippen LogP contribution in [0.1, 0.15) is 30.5 Å². The van der Waals surface area contributed by atoms with Crippen LogP contribution in [0, 0.1) is 0 Å². The summed E-state index contributed by atoms with van der Waals surface area (Å²) in [5, 5.41) is 3.01. The van der Waals surface area contributed by atoms with Gasteiger partial charge in [0.1, 0.15) is 0 Å². The van der Waals surface area contributed by atoms with Gasteiger partial charge in [-0.05, 0) is 36.2 Å². The molecule has 21 heavy (non-hydrogen) atoms. The predicted octanol–water partition coefficient (Wildman–Crippen LogP) is 6.03. The van der Waals surface area contributed by atoms with Gasteiger partial charge in [-0.2, -0.15) is 13.2 Å². The fourth-order valence-electron chi connectivity index (χ4n) is 2.19. The van der Waals surface area contributed by atoms with E-state index in [9.17, 15) is 13.2 Å². The fourth-order valence-corrected chi connectivity index (χ4v) is 2.61. The van der Waals surface area contributed by atoms with Crippen LogP contribution in [0.4, 0.5) is 18.9 Å². The van der Waals surface area contributed by atoms with Crippen molar-refractivity contribution in [3.05, 3.63) is 64.1 Å². The lowest BCUT2D eigenvalue weighted by Gasteiger charge is -2.22. The molecule has 0 fully saturated rings. The molecule has 1 nitrogen and oxygen atoms in total. The number of anilines is 1. The highest BCUT2D eigenvalue weighted by Crippen LogP contribution is 2.36. The average molecular weight is 358 g/mol. The van der Waals surface area contributed by atoms with Crippen molar-refractivity contribution < 1.29 is 13.2 Å². The lowest BCUT2D eigenvalue weighted by molar-refractivity contribution is -0.137. The summed E-state index contributed by atoms with van der Waals surface area (Å²) < 4.78 is 40.0. The largest absolute Gasteiger partial charge is 0.418 e. The molecule has 0 heterocycles.